The standard InChI is InChI=1S/C17H24N2O6/c1-17(2,3)25-16(22)18-10-9-15(21)24-11-14(20)19-12-7-5-6-8-13(12)23-4/h5-8H,9-11H2,1-4H3,(H,18,22)(H,19,20). The summed E-state index contributed by atoms with van der Waals surface area (Å²) in [4.78, 5) is 34.8. The molecule has 0 aliphatic rings. The molecule has 0 fully saturated rings. The zero-order valence-corrected chi connectivity index (χ0v) is 14.9. The van der Waals surface area contributed by atoms with Gasteiger partial charge in [0.05, 0.1) is 19.2 Å². The van der Waals surface area contributed by atoms with E-state index in [0.717, 1.165) is 0 Å². The van der Waals surface area contributed by atoms with Gasteiger partial charge in [0, 0.05) is 6.54 Å². The summed E-state index contributed by atoms with van der Waals surface area (Å²) in [6.07, 6.45) is -0.685. The lowest BCUT2D eigenvalue weighted by molar-refractivity contribution is -0.147. The Morgan fingerprint density at radius 3 is 2.44 bits per heavy atom. The molecule has 1 rings (SSSR count). The first kappa shape index (κ1) is 20.3. The zero-order chi connectivity index (χ0) is 18.9. The van der Waals surface area contributed by atoms with Gasteiger partial charge in [-0.3, -0.25) is 9.59 Å². The Morgan fingerprint density at radius 2 is 1.80 bits per heavy atom. The molecule has 0 atom stereocenters. The SMILES string of the molecule is COc1ccccc1NC(=O)COC(=O)CCNC(=O)OC(C)(C)C. The van der Waals surface area contributed by atoms with Crippen LogP contribution >= 0.6 is 0 Å². The van der Waals surface area contributed by atoms with Gasteiger partial charge in [-0.15, -0.1) is 0 Å². The van der Waals surface area contributed by atoms with Crippen LogP contribution < -0.4 is 15.4 Å². The number of carbonyl (C=O) groups excluding carboxylic acids is 3. The Morgan fingerprint density at radius 1 is 1.12 bits per heavy atom. The van der Waals surface area contributed by atoms with Crippen molar-refractivity contribution in [2.75, 3.05) is 25.6 Å². The summed E-state index contributed by atoms with van der Waals surface area (Å²) >= 11 is 0. The lowest BCUT2D eigenvalue weighted by Crippen LogP contribution is -2.34. The maximum Gasteiger partial charge on any atom is 0.407 e. The largest absolute Gasteiger partial charge is 0.495 e. The highest BCUT2D eigenvalue weighted by molar-refractivity contribution is 5.94. The van der Waals surface area contributed by atoms with E-state index in [9.17, 15) is 14.4 Å². The van der Waals surface area contributed by atoms with Crippen molar-refractivity contribution in [3.05, 3.63) is 24.3 Å². The van der Waals surface area contributed by atoms with E-state index in [0.29, 0.717) is 11.4 Å². The topological polar surface area (TPSA) is 103 Å². The number of hydrogen-bond donors (Lipinski definition) is 2. The smallest absolute Gasteiger partial charge is 0.407 e. The first-order chi connectivity index (χ1) is 11.7. The third kappa shape index (κ3) is 8.59. The van der Waals surface area contributed by atoms with Crippen LogP contribution in [0.15, 0.2) is 24.3 Å². The summed E-state index contributed by atoms with van der Waals surface area (Å²) in [7, 11) is 1.49. The molecule has 1 aromatic rings. The fraction of sp³-hybridized carbons (Fsp3) is 0.471. The van der Waals surface area contributed by atoms with E-state index in [1.54, 1.807) is 45.0 Å². The molecule has 0 aliphatic carbocycles. The third-order valence-corrected chi connectivity index (χ3v) is 2.74. The second-order valence-electron chi connectivity index (χ2n) is 6.09. The molecule has 0 saturated heterocycles. The van der Waals surface area contributed by atoms with Crippen LogP contribution in [0.3, 0.4) is 0 Å². The van der Waals surface area contributed by atoms with Crippen molar-refractivity contribution in [2.45, 2.75) is 32.8 Å². The van der Waals surface area contributed by atoms with E-state index in [4.69, 9.17) is 14.2 Å². The van der Waals surface area contributed by atoms with E-state index >= 15 is 0 Å². The van der Waals surface area contributed by atoms with Crippen molar-refractivity contribution in [1.82, 2.24) is 5.32 Å². The maximum atomic E-state index is 11.8. The molecule has 2 N–H and O–H groups in total. The number of anilines is 1. The molecule has 0 unspecified atom stereocenters. The van der Waals surface area contributed by atoms with Crippen LogP contribution in [0.25, 0.3) is 0 Å². The average molecular weight is 352 g/mol. The lowest BCUT2D eigenvalue weighted by Gasteiger charge is -2.19. The summed E-state index contributed by atoms with van der Waals surface area (Å²) in [5.74, 6) is -0.590. The Hall–Kier alpha value is -2.77. The van der Waals surface area contributed by atoms with E-state index in [1.807, 2.05) is 0 Å². The number of carbonyl (C=O) groups is 3. The van der Waals surface area contributed by atoms with Gasteiger partial charge in [0.25, 0.3) is 5.91 Å². The number of nitrogens with one attached hydrogen (secondary N) is 2. The number of amides is 2. The van der Waals surface area contributed by atoms with Gasteiger partial charge < -0.3 is 24.8 Å². The molecule has 2 amide bonds. The predicted octanol–water partition coefficient (Wildman–Crippen LogP) is 2.09. The summed E-state index contributed by atoms with van der Waals surface area (Å²) in [6, 6.07) is 6.88. The number of ether oxygens (including phenoxy) is 3. The second kappa shape index (κ2) is 9.51. The van der Waals surface area contributed by atoms with Crippen molar-refractivity contribution in [2.24, 2.45) is 0 Å². The number of esters is 1. The third-order valence-electron chi connectivity index (χ3n) is 2.74. The molecule has 0 aliphatic heterocycles. The van der Waals surface area contributed by atoms with E-state index in [1.165, 1.54) is 7.11 Å². The second-order valence-corrected chi connectivity index (χ2v) is 6.09. The maximum absolute atomic E-state index is 11.8. The van der Waals surface area contributed by atoms with Crippen LogP contribution in [0.5, 0.6) is 5.75 Å². The fourth-order valence-corrected chi connectivity index (χ4v) is 1.73. The predicted molar refractivity (Wildman–Crippen MR) is 91.4 cm³/mol. The van der Waals surface area contributed by atoms with Gasteiger partial charge in [-0.2, -0.15) is 0 Å². The number of benzene rings is 1. The van der Waals surface area contributed by atoms with Gasteiger partial charge in [0.1, 0.15) is 11.4 Å². The van der Waals surface area contributed by atoms with Gasteiger partial charge in [-0.05, 0) is 32.9 Å². The molecule has 0 bridgehead atoms. The summed E-state index contributed by atoms with van der Waals surface area (Å²) in [6.45, 7) is 4.84. The molecule has 1 aromatic carbocycles. The van der Waals surface area contributed by atoms with Gasteiger partial charge in [-0.25, -0.2) is 4.79 Å². The van der Waals surface area contributed by atoms with Crippen molar-refractivity contribution in [3.63, 3.8) is 0 Å². The van der Waals surface area contributed by atoms with Crippen molar-refractivity contribution in [1.29, 1.82) is 0 Å². The molecular weight excluding hydrogens is 328 g/mol. The Kier molecular flexibility index (Phi) is 7.71. The highest BCUT2D eigenvalue weighted by Gasteiger charge is 2.16. The zero-order valence-electron chi connectivity index (χ0n) is 14.9. The van der Waals surface area contributed by atoms with Gasteiger partial charge in [-0.1, -0.05) is 12.1 Å². The minimum absolute atomic E-state index is 0.0574. The minimum atomic E-state index is -0.616. The average Bonchev–Trinajstić information content (AvgIpc) is 2.51. The number of alkyl carbamates (subject to hydrolysis) is 1. The molecule has 25 heavy (non-hydrogen) atoms. The van der Waals surface area contributed by atoms with Gasteiger partial charge >= 0.3 is 12.1 Å². The first-order valence-electron chi connectivity index (χ1n) is 7.76. The molecule has 8 heteroatoms. The molecule has 0 aromatic heterocycles. The number of hydrogen-bond acceptors (Lipinski definition) is 6. The Labute approximate surface area is 146 Å². The van der Waals surface area contributed by atoms with Gasteiger partial charge in [0.2, 0.25) is 0 Å². The van der Waals surface area contributed by atoms with Crippen LogP contribution in [-0.4, -0.2) is 43.8 Å². The highest BCUT2D eigenvalue weighted by Crippen LogP contribution is 2.22. The van der Waals surface area contributed by atoms with Crippen LogP contribution in [0.1, 0.15) is 27.2 Å². The van der Waals surface area contributed by atoms with E-state index in [2.05, 4.69) is 10.6 Å². The van der Waals surface area contributed by atoms with Crippen molar-refractivity contribution >= 4 is 23.7 Å². The summed E-state index contributed by atoms with van der Waals surface area (Å²) < 4.78 is 15.0. The van der Waals surface area contributed by atoms with Crippen LogP contribution in [0, 0.1) is 0 Å². The highest BCUT2D eigenvalue weighted by atomic mass is 16.6. The van der Waals surface area contributed by atoms with Crippen molar-refractivity contribution < 1.29 is 28.6 Å². The normalized spacial score (nSPS) is 10.6. The summed E-state index contributed by atoms with van der Waals surface area (Å²) in [5.41, 5.74) is -0.126. The number of rotatable bonds is 7. The monoisotopic (exact) mass is 352 g/mol. The summed E-state index contributed by atoms with van der Waals surface area (Å²) in [5, 5.41) is 5.02. The Bertz CT molecular complexity index is 609. The fourth-order valence-electron chi connectivity index (χ4n) is 1.73. The molecule has 0 radical (unpaired) electrons. The molecule has 8 nitrogen and oxygen atoms in total. The Balaban J connectivity index is 2.27. The van der Waals surface area contributed by atoms with Crippen LogP contribution in [0.4, 0.5) is 10.5 Å². The van der Waals surface area contributed by atoms with Crippen molar-refractivity contribution in [3.8, 4) is 5.75 Å². The van der Waals surface area contributed by atoms with E-state index < -0.39 is 30.2 Å². The number of para-hydroxylation sites is 2. The molecular formula is C17H24N2O6. The molecule has 0 heterocycles. The van der Waals surface area contributed by atoms with Crippen LogP contribution in [0.2, 0.25) is 0 Å². The minimum Gasteiger partial charge on any atom is -0.495 e. The van der Waals surface area contributed by atoms with E-state index in [-0.39, 0.29) is 13.0 Å². The molecule has 138 valence electrons. The lowest BCUT2D eigenvalue weighted by atomic mass is 10.2. The quantitative estimate of drug-likeness (QED) is 0.729. The first-order valence-corrected chi connectivity index (χ1v) is 7.76. The van der Waals surface area contributed by atoms with Crippen LogP contribution in [-0.2, 0) is 19.1 Å². The molecule has 0 saturated carbocycles. The number of methoxy groups -OCH3 is 1. The van der Waals surface area contributed by atoms with Gasteiger partial charge in [0.15, 0.2) is 6.61 Å². The molecule has 0 spiro atoms.